The van der Waals surface area contributed by atoms with Crippen molar-refractivity contribution < 1.29 is 27.6 Å². The Hall–Kier alpha value is -2.14. The van der Waals surface area contributed by atoms with E-state index in [0.717, 1.165) is 24.3 Å². The second-order valence-corrected chi connectivity index (χ2v) is 2.64. The molecule has 84 valence electrons. The second-order valence-electron chi connectivity index (χ2n) is 2.64. The molecule has 1 rings (SSSR count). The van der Waals surface area contributed by atoms with Gasteiger partial charge in [-0.3, -0.25) is 0 Å². The van der Waals surface area contributed by atoms with Crippen LogP contribution in [0.1, 0.15) is 15.9 Å². The molecule has 7 heteroatoms. The predicted molar refractivity (Wildman–Crippen MR) is 45.0 cm³/mol. The van der Waals surface area contributed by atoms with E-state index in [1.165, 1.54) is 0 Å². The van der Waals surface area contributed by atoms with Crippen LogP contribution in [-0.4, -0.2) is 12.0 Å². The van der Waals surface area contributed by atoms with Gasteiger partial charge in [-0.15, -0.1) is 0 Å². The SMILES string of the molecule is O=C=NOC(=O)c1cccc(C(F)(F)F)c1. The number of halogens is 3. The number of nitrogens with zero attached hydrogens (tertiary/aromatic N) is 1. The molecule has 0 saturated heterocycles. The highest BCUT2D eigenvalue weighted by Crippen LogP contribution is 2.29. The number of rotatable bonds is 2. The zero-order valence-corrected chi connectivity index (χ0v) is 7.62. The Labute approximate surface area is 87.3 Å². The largest absolute Gasteiger partial charge is 0.416 e. The smallest absolute Gasteiger partial charge is 0.301 e. The first-order valence-corrected chi connectivity index (χ1v) is 3.91. The maximum Gasteiger partial charge on any atom is 0.416 e. The first-order valence-electron chi connectivity index (χ1n) is 3.91. The van der Waals surface area contributed by atoms with Crippen LogP contribution in [0.25, 0.3) is 0 Å². The summed E-state index contributed by atoms with van der Waals surface area (Å²) in [5.41, 5.74) is -1.34. The molecular weight excluding hydrogens is 227 g/mol. The summed E-state index contributed by atoms with van der Waals surface area (Å²) in [6.45, 7) is 0. The fourth-order valence-corrected chi connectivity index (χ4v) is 0.935. The number of carbonyl (C=O) groups excluding carboxylic acids is 2. The van der Waals surface area contributed by atoms with Crippen molar-refractivity contribution in [3.63, 3.8) is 0 Å². The van der Waals surface area contributed by atoms with Gasteiger partial charge in [-0.25, -0.2) is 9.59 Å². The first kappa shape index (κ1) is 11.9. The third-order valence-electron chi connectivity index (χ3n) is 1.59. The van der Waals surface area contributed by atoms with E-state index in [-0.39, 0.29) is 5.56 Å². The maximum atomic E-state index is 12.2. The van der Waals surface area contributed by atoms with Crippen molar-refractivity contribution in [2.75, 3.05) is 0 Å². The Morgan fingerprint density at radius 3 is 2.62 bits per heavy atom. The minimum atomic E-state index is -4.55. The molecule has 0 heterocycles. The van der Waals surface area contributed by atoms with E-state index in [1.807, 2.05) is 0 Å². The van der Waals surface area contributed by atoms with E-state index in [9.17, 15) is 22.8 Å². The molecule has 4 nitrogen and oxygen atoms in total. The lowest BCUT2D eigenvalue weighted by molar-refractivity contribution is -0.137. The van der Waals surface area contributed by atoms with Crippen LogP contribution in [0.4, 0.5) is 13.2 Å². The number of carbonyl (C=O) groups is 1. The lowest BCUT2D eigenvalue weighted by Gasteiger charge is -2.06. The van der Waals surface area contributed by atoms with Crippen LogP contribution in [-0.2, 0) is 15.8 Å². The maximum absolute atomic E-state index is 12.2. The normalized spacial score (nSPS) is 10.4. The molecule has 0 amide bonds. The highest BCUT2D eigenvalue weighted by Gasteiger charge is 2.31. The van der Waals surface area contributed by atoms with E-state index in [0.29, 0.717) is 6.07 Å². The highest BCUT2D eigenvalue weighted by atomic mass is 19.4. The molecule has 0 spiro atoms. The van der Waals surface area contributed by atoms with Crippen LogP contribution in [0.5, 0.6) is 0 Å². The standard InChI is InChI=1S/C9H4F3NO3/c10-9(11,12)7-3-1-2-6(4-7)8(15)16-13-5-14/h1-4H. The summed E-state index contributed by atoms with van der Waals surface area (Å²) in [7, 11) is 0. The number of hydrogen-bond acceptors (Lipinski definition) is 4. The van der Waals surface area contributed by atoms with Gasteiger partial charge in [0.2, 0.25) is 0 Å². The molecule has 1 aromatic rings. The summed E-state index contributed by atoms with van der Waals surface area (Å²) >= 11 is 0. The third-order valence-corrected chi connectivity index (χ3v) is 1.59. The van der Waals surface area contributed by atoms with Crippen molar-refractivity contribution in [2.45, 2.75) is 6.18 Å². The summed E-state index contributed by atoms with van der Waals surface area (Å²) in [4.78, 5) is 24.6. The molecular formula is C9H4F3NO3. The number of alkyl halides is 3. The van der Waals surface area contributed by atoms with Crippen LogP contribution in [0.15, 0.2) is 29.4 Å². The predicted octanol–water partition coefficient (Wildman–Crippen LogP) is 2.11. The minimum Gasteiger partial charge on any atom is -0.301 e. The minimum absolute atomic E-state index is 0.353. The van der Waals surface area contributed by atoms with Crippen LogP contribution in [0, 0.1) is 0 Å². The Bertz CT molecular complexity index is 450. The highest BCUT2D eigenvalue weighted by molar-refractivity contribution is 5.89. The van der Waals surface area contributed by atoms with Crippen LogP contribution in [0.2, 0.25) is 0 Å². The van der Waals surface area contributed by atoms with Crippen molar-refractivity contribution in [1.82, 2.24) is 0 Å². The van der Waals surface area contributed by atoms with Gasteiger partial charge in [-0.1, -0.05) is 6.07 Å². The molecule has 0 unspecified atom stereocenters. The quantitative estimate of drug-likeness (QED) is 0.339. The summed E-state index contributed by atoms with van der Waals surface area (Å²) in [5.74, 6) is -1.16. The van der Waals surface area contributed by atoms with Crippen LogP contribution < -0.4 is 0 Å². The monoisotopic (exact) mass is 231 g/mol. The van der Waals surface area contributed by atoms with Gasteiger partial charge in [0.05, 0.1) is 11.1 Å². The molecule has 0 aliphatic rings. The molecule has 0 radical (unpaired) electrons. The molecule has 0 aromatic heterocycles. The Kier molecular flexibility index (Phi) is 3.42. The van der Waals surface area contributed by atoms with E-state index < -0.39 is 17.7 Å². The van der Waals surface area contributed by atoms with Crippen molar-refractivity contribution in [1.29, 1.82) is 0 Å². The molecule has 16 heavy (non-hydrogen) atoms. The summed E-state index contributed by atoms with van der Waals surface area (Å²) in [5, 5.41) is 2.50. The molecule has 0 saturated carbocycles. The Morgan fingerprint density at radius 2 is 2.06 bits per heavy atom. The van der Waals surface area contributed by atoms with Crippen LogP contribution in [0.3, 0.4) is 0 Å². The molecule has 0 aliphatic carbocycles. The van der Waals surface area contributed by atoms with Crippen molar-refractivity contribution in [3.8, 4) is 0 Å². The molecule has 0 aliphatic heterocycles. The lowest BCUT2D eigenvalue weighted by Crippen LogP contribution is -2.08. The molecule has 0 bridgehead atoms. The van der Waals surface area contributed by atoms with Crippen molar-refractivity contribution >= 4 is 12.0 Å². The van der Waals surface area contributed by atoms with E-state index in [4.69, 9.17) is 0 Å². The summed E-state index contributed by atoms with van der Waals surface area (Å²) < 4.78 is 36.7. The zero-order valence-electron chi connectivity index (χ0n) is 7.62. The average molecular weight is 231 g/mol. The van der Waals surface area contributed by atoms with Gasteiger partial charge in [0, 0.05) is 5.16 Å². The second kappa shape index (κ2) is 4.59. The summed E-state index contributed by atoms with van der Waals surface area (Å²) in [6, 6.07) is 3.56. The number of isocyanates is 1. The fraction of sp³-hybridized carbons (Fsp3) is 0.111. The van der Waals surface area contributed by atoms with Crippen LogP contribution >= 0.6 is 0 Å². The third kappa shape index (κ3) is 2.93. The van der Waals surface area contributed by atoms with E-state index in [2.05, 4.69) is 9.99 Å². The lowest BCUT2D eigenvalue weighted by atomic mass is 10.1. The molecule has 0 atom stereocenters. The molecule has 0 N–H and O–H groups in total. The van der Waals surface area contributed by atoms with Gasteiger partial charge in [0.15, 0.2) is 0 Å². The number of benzene rings is 1. The van der Waals surface area contributed by atoms with Crippen molar-refractivity contribution in [3.05, 3.63) is 35.4 Å². The topological polar surface area (TPSA) is 55.7 Å². The first-order chi connectivity index (χ1) is 7.45. The Morgan fingerprint density at radius 1 is 1.38 bits per heavy atom. The zero-order chi connectivity index (χ0) is 12.2. The van der Waals surface area contributed by atoms with Gasteiger partial charge in [-0.05, 0) is 18.2 Å². The van der Waals surface area contributed by atoms with Gasteiger partial charge in [0.1, 0.15) is 0 Å². The van der Waals surface area contributed by atoms with Gasteiger partial charge < -0.3 is 4.84 Å². The van der Waals surface area contributed by atoms with Gasteiger partial charge >= 0.3 is 12.1 Å². The fourth-order valence-electron chi connectivity index (χ4n) is 0.935. The van der Waals surface area contributed by atoms with E-state index in [1.54, 1.807) is 0 Å². The van der Waals surface area contributed by atoms with Gasteiger partial charge in [-0.2, -0.15) is 13.2 Å². The average Bonchev–Trinajstić information content (AvgIpc) is 2.25. The van der Waals surface area contributed by atoms with Crippen molar-refractivity contribution in [2.24, 2.45) is 5.16 Å². The van der Waals surface area contributed by atoms with E-state index >= 15 is 0 Å². The molecule has 1 aromatic carbocycles. The Balaban J connectivity index is 2.99. The van der Waals surface area contributed by atoms with Gasteiger partial charge in [0.25, 0.3) is 6.08 Å². The summed E-state index contributed by atoms with van der Waals surface area (Å²) in [6.07, 6.45) is -3.63. The number of hydrogen-bond donors (Lipinski definition) is 0. The molecule has 0 fully saturated rings.